The van der Waals surface area contributed by atoms with Gasteiger partial charge in [0.2, 0.25) is 0 Å². The first-order chi connectivity index (χ1) is 9.19. The van der Waals surface area contributed by atoms with Gasteiger partial charge in [0.25, 0.3) is 0 Å². The van der Waals surface area contributed by atoms with Crippen LogP contribution in [0.2, 0.25) is 0 Å². The molecule has 1 fully saturated rings. The van der Waals surface area contributed by atoms with Crippen molar-refractivity contribution in [1.82, 2.24) is 0 Å². The first-order valence-electron chi connectivity index (χ1n) is 7.26. The third-order valence-electron chi connectivity index (χ3n) is 4.46. The van der Waals surface area contributed by atoms with Crippen molar-refractivity contribution in [3.8, 4) is 0 Å². The minimum Gasteiger partial charge on any atom is -0.369 e. The maximum Gasteiger partial charge on any atom is 0.0808 e. The number of hydrogen-bond donors (Lipinski definition) is 1. The fourth-order valence-corrected chi connectivity index (χ4v) is 3.26. The van der Waals surface area contributed by atoms with E-state index in [1.54, 1.807) is 0 Å². The molecular weight excluding hydrogens is 302 g/mol. The van der Waals surface area contributed by atoms with Crippen LogP contribution >= 0.6 is 15.9 Å². The average molecular weight is 326 g/mol. The molecule has 19 heavy (non-hydrogen) atoms. The van der Waals surface area contributed by atoms with Crippen molar-refractivity contribution >= 4 is 15.9 Å². The van der Waals surface area contributed by atoms with Crippen molar-refractivity contribution in [2.24, 2.45) is 11.7 Å². The van der Waals surface area contributed by atoms with Crippen LogP contribution in [0, 0.1) is 5.92 Å². The minimum absolute atomic E-state index is 0.0963. The first-order valence-corrected chi connectivity index (χ1v) is 8.06. The highest BCUT2D eigenvalue weighted by Crippen LogP contribution is 2.36. The SMILES string of the molecule is CCC1CCC(CN)(OCc2ccccc2Br)CC1. The first kappa shape index (κ1) is 15.0. The van der Waals surface area contributed by atoms with Gasteiger partial charge < -0.3 is 10.5 Å². The lowest BCUT2D eigenvalue weighted by Crippen LogP contribution is -2.43. The van der Waals surface area contributed by atoms with Crippen LogP contribution in [-0.2, 0) is 11.3 Å². The molecule has 0 bridgehead atoms. The number of halogens is 1. The summed E-state index contributed by atoms with van der Waals surface area (Å²) >= 11 is 3.57. The van der Waals surface area contributed by atoms with Crippen LogP contribution in [0.5, 0.6) is 0 Å². The summed E-state index contributed by atoms with van der Waals surface area (Å²) in [5, 5.41) is 0. The molecule has 0 heterocycles. The molecule has 1 aromatic rings. The van der Waals surface area contributed by atoms with Gasteiger partial charge in [0.05, 0.1) is 12.2 Å². The Morgan fingerprint density at radius 1 is 1.32 bits per heavy atom. The highest BCUT2D eigenvalue weighted by atomic mass is 79.9. The topological polar surface area (TPSA) is 35.2 Å². The van der Waals surface area contributed by atoms with Gasteiger partial charge in [-0.05, 0) is 43.2 Å². The molecule has 106 valence electrons. The van der Waals surface area contributed by atoms with Gasteiger partial charge >= 0.3 is 0 Å². The van der Waals surface area contributed by atoms with Gasteiger partial charge in [-0.3, -0.25) is 0 Å². The minimum atomic E-state index is -0.0963. The van der Waals surface area contributed by atoms with E-state index in [2.05, 4.69) is 35.0 Å². The Morgan fingerprint density at radius 2 is 2.00 bits per heavy atom. The summed E-state index contributed by atoms with van der Waals surface area (Å²) in [6, 6.07) is 8.24. The smallest absolute Gasteiger partial charge is 0.0808 e. The molecule has 0 amide bonds. The van der Waals surface area contributed by atoms with Crippen LogP contribution in [0.1, 0.15) is 44.6 Å². The predicted octanol–water partition coefficient (Wildman–Crippen LogP) is 4.26. The predicted molar refractivity (Wildman–Crippen MR) is 83.0 cm³/mol. The standard InChI is InChI=1S/C16H24BrNO/c1-2-13-7-9-16(12-18,10-8-13)19-11-14-5-3-4-6-15(14)17/h3-6,13H,2,7-12,18H2,1H3. The second kappa shape index (κ2) is 6.87. The van der Waals surface area contributed by atoms with Gasteiger partial charge in [-0.1, -0.05) is 47.5 Å². The second-order valence-corrected chi connectivity index (χ2v) is 6.47. The van der Waals surface area contributed by atoms with Crippen LogP contribution in [0.25, 0.3) is 0 Å². The molecule has 0 spiro atoms. The molecule has 0 saturated heterocycles. The average Bonchev–Trinajstić information content (AvgIpc) is 2.47. The summed E-state index contributed by atoms with van der Waals surface area (Å²) in [6.45, 7) is 3.56. The molecule has 2 nitrogen and oxygen atoms in total. The third-order valence-corrected chi connectivity index (χ3v) is 5.23. The molecule has 1 aromatic carbocycles. The summed E-state index contributed by atoms with van der Waals surface area (Å²) in [7, 11) is 0. The molecule has 0 radical (unpaired) electrons. The maximum atomic E-state index is 6.22. The number of ether oxygens (including phenoxy) is 1. The van der Waals surface area contributed by atoms with E-state index >= 15 is 0 Å². The lowest BCUT2D eigenvalue weighted by Gasteiger charge is -2.39. The largest absolute Gasteiger partial charge is 0.369 e. The van der Waals surface area contributed by atoms with Crippen molar-refractivity contribution in [3.63, 3.8) is 0 Å². The summed E-state index contributed by atoms with van der Waals surface area (Å²) in [5.41, 5.74) is 7.10. The highest BCUT2D eigenvalue weighted by Gasteiger charge is 2.34. The summed E-state index contributed by atoms with van der Waals surface area (Å²) in [6.07, 6.45) is 6.00. The van der Waals surface area contributed by atoms with E-state index in [0.29, 0.717) is 13.2 Å². The fourth-order valence-electron chi connectivity index (χ4n) is 2.87. The van der Waals surface area contributed by atoms with E-state index in [9.17, 15) is 0 Å². The molecule has 1 aliphatic rings. The zero-order valence-corrected chi connectivity index (χ0v) is 13.3. The normalized spacial score (nSPS) is 27.4. The van der Waals surface area contributed by atoms with Gasteiger partial charge in [-0.25, -0.2) is 0 Å². The van der Waals surface area contributed by atoms with Gasteiger partial charge in [0.15, 0.2) is 0 Å². The van der Waals surface area contributed by atoms with Gasteiger partial charge in [0.1, 0.15) is 0 Å². The number of benzene rings is 1. The molecule has 2 N–H and O–H groups in total. The quantitative estimate of drug-likeness (QED) is 0.877. The molecule has 0 aliphatic heterocycles. The zero-order valence-electron chi connectivity index (χ0n) is 11.7. The molecule has 1 saturated carbocycles. The van der Waals surface area contributed by atoms with Crippen molar-refractivity contribution in [3.05, 3.63) is 34.3 Å². The monoisotopic (exact) mass is 325 g/mol. The molecule has 0 aromatic heterocycles. The van der Waals surface area contributed by atoms with Crippen molar-refractivity contribution in [2.45, 2.75) is 51.2 Å². The molecule has 3 heteroatoms. The van der Waals surface area contributed by atoms with E-state index in [1.807, 2.05) is 12.1 Å². The Kier molecular flexibility index (Phi) is 5.43. The van der Waals surface area contributed by atoms with Crippen molar-refractivity contribution in [2.75, 3.05) is 6.54 Å². The van der Waals surface area contributed by atoms with Gasteiger partial charge in [-0.2, -0.15) is 0 Å². The maximum absolute atomic E-state index is 6.22. The fraction of sp³-hybridized carbons (Fsp3) is 0.625. The van der Waals surface area contributed by atoms with E-state index in [4.69, 9.17) is 10.5 Å². The number of nitrogens with two attached hydrogens (primary N) is 1. The Balaban J connectivity index is 1.95. The summed E-state index contributed by atoms with van der Waals surface area (Å²) in [5.74, 6) is 0.867. The lowest BCUT2D eigenvalue weighted by atomic mass is 9.77. The van der Waals surface area contributed by atoms with Crippen LogP contribution in [0.15, 0.2) is 28.7 Å². The summed E-state index contributed by atoms with van der Waals surface area (Å²) in [4.78, 5) is 0. The lowest BCUT2D eigenvalue weighted by molar-refractivity contribution is -0.0814. The number of rotatable bonds is 5. The van der Waals surface area contributed by atoms with Crippen LogP contribution in [0.3, 0.4) is 0 Å². The molecule has 2 rings (SSSR count). The third kappa shape index (κ3) is 3.80. The van der Waals surface area contributed by atoms with E-state index in [0.717, 1.165) is 23.2 Å². The van der Waals surface area contributed by atoms with Gasteiger partial charge in [0, 0.05) is 11.0 Å². The molecule has 0 atom stereocenters. The molecular formula is C16H24BrNO. The number of hydrogen-bond acceptors (Lipinski definition) is 2. The van der Waals surface area contributed by atoms with Crippen molar-refractivity contribution < 1.29 is 4.74 Å². The Hall–Kier alpha value is -0.380. The van der Waals surface area contributed by atoms with E-state index < -0.39 is 0 Å². The van der Waals surface area contributed by atoms with Crippen LogP contribution < -0.4 is 5.73 Å². The van der Waals surface area contributed by atoms with Crippen molar-refractivity contribution in [1.29, 1.82) is 0 Å². The molecule has 1 aliphatic carbocycles. The Morgan fingerprint density at radius 3 is 2.58 bits per heavy atom. The van der Waals surface area contributed by atoms with Crippen LogP contribution in [-0.4, -0.2) is 12.1 Å². The molecule has 0 unspecified atom stereocenters. The van der Waals surface area contributed by atoms with E-state index in [1.165, 1.54) is 24.8 Å². The second-order valence-electron chi connectivity index (χ2n) is 5.62. The zero-order chi connectivity index (χ0) is 13.7. The highest BCUT2D eigenvalue weighted by molar-refractivity contribution is 9.10. The Bertz CT molecular complexity index is 399. The van der Waals surface area contributed by atoms with Crippen LogP contribution in [0.4, 0.5) is 0 Å². The Labute approximate surface area is 124 Å². The van der Waals surface area contributed by atoms with Gasteiger partial charge in [-0.15, -0.1) is 0 Å². The van der Waals surface area contributed by atoms with E-state index in [-0.39, 0.29) is 5.60 Å². The summed E-state index contributed by atoms with van der Waals surface area (Å²) < 4.78 is 7.34.